The molecular weight excluding hydrogens is 382 g/mol. The summed E-state index contributed by atoms with van der Waals surface area (Å²) in [6, 6.07) is 2.31. The molecule has 0 bridgehead atoms. The Balaban J connectivity index is 1.85. The molecule has 2 N–H and O–H groups in total. The number of hydrogen-bond donors (Lipinski definition) is 1. The van der Waals surface area contributed by atoms with Gasteiger partial charge in [0, 0.05) is 45.2 Å². The highest BCUT2D eigenvalue weighted by atomic mass is 16.2. The summed E-state index contributed by atoms with van der Waals surface area (Å²) in [7, 11) is 1.64. The minimum absolute atomic E-state index is 0.0680. The van der Waals surface area contributed by atoms with Gasteiger partial charge in [-0.2, -0.15) is 10.2 Å². The van der Waals surface area contributed by atoms with Crippen LogP contribution in [0.2, 0.25) is 0 Å². The molecule has 0 radical (unpaired) electrons. The van der Waals surface area contributed by atoms with Crippen LogP contribution in [0.15, 0.2) is 33.9 Å². The first-order valence-corrected chi connectivity index (χ1v) is 10.4. The Hall–Kier alpha value is -3.12. The number of aromatic nitrogens is 4. The first kappa shape index (κ1) is 20.2. The highest BCUT2D eigenvalue weighted by Gasteiger charge is 2.27. The number of hydrogen-bond acceptors (Lipinski definition) is 6. The molecule has 30 heavy (non-hydrogen) atoms. The number of aryl methyl sites for hydroxylation is 2. The summed E-state index contributed by atoms with van der Waals surface area (Å²) in [5, 5.41) is 9.42. The lowest BCUT2D eigenvalue weighted by Crippen LogP contribution is -2.44. The number of allylic oxidation sites excluding steroid dienone is 4. The number of nitriles is 1. The van der Waals surface area contributed by atoms with Crippen molar-refractivity contribution in [2.24, 2.45) is 24.6 Å². The zero-order chi connectivity index (χ0) is 21.4. The zero-order valence-electron chi connectivity index (χ0n) is 17.4. The summed E-state index contributed by atoms with van der Waals surface area (Å²) in [5.74, 6) is 0.0760. The van der Waals surface area contributed by atoms with Crippen molar-refractivity contribution in [3.8, 4) is 6.07 Å². The van der Waals surface area contributed by atoms with Gasteiger partial charge in [-0.05, 0) is 19.8 Å². The Morgan fingerprint density at radius 3 is 2.73 bits per heavy atom. The topological polar surface area (TPSA) is 115 Å². The van der Waals surface area contributed by atoms with Gasteiger partial charge in [-0.1, -0.05) is 24.3 Å². The molecule has 0 amide bonds. The number of rotatable bonds is 4. The van der Waals surface area contributed by atoms with Crippen LogP contribution in [-0.2, 0) is 20.1 Å². The number of nitrogens with two attached hydrogens (primary N) is 1. The lowest BCUT2D eigenvalue weighted by atomic mass is 9.89. The van der Waals surface area contributed by atoms with E-state index in [0.717, 1.165) is 19.4 Å². The molecule has 0 saturated carbocycles. The van der Waals surface area contributed by atoms with Crippen molar-refractivity contribution < 1.29 is 0 Å². The van der Waals surface area contributed by atoms with E-state index in [0.29, 0.717) is 30.2 Å². The van der Waals surface area contributed by atoms with Crippen molar-refractivity contribution in [3.05, 3.63) is 45.1 Å². The maximum Gasteiger partial charge on any atom is 0.332 e. The molecule has 2 aromatic rings. The average Bonchev–Trinajstić information content (AvgIpc) is 3.15. The SMILES string of the molecule is CCn1c(N2CCC[C@@H](N)C2)nc2c1c(=O)n(CC1C=CC=CC1C#N)c(=O)n2C. The van der Waals surface area contributed by atoms with Crippen molar-refractivity contribution in [1.82, 2.24) is 18.7 Å². The van der Waals surface area contributed by atoms with Crippen molar-refractivity contribution in [2.45, 2.75) is 38.9 Å². The van der Waals surface area contributed by atoms with Gasteiger partial charge < -0.3 is 15.2 Å². The molecule has 1 aliphatic carbocycles. The quantitative estimate of drug-likeness (QED) is 0.796. The van der Waals surface area contributed by atoms with Crippen LogP contribution in [0.1, 0.15) is 19.8 Å². The van der Waals surface area contributed by atoms with Crippen molar-refractivity contribution in [2.75, 3.05) is 18.0 Å². The summed E-state index contributed by atoms with van der Waals surface area (Å²) < 4.78 is 4.55. The van der Waals surface area contributed by atoms with Crippen LogP contribution in [0.3, 0.4) is 0 Å². The number of fused-ring (bicyclic) bond motifs is 1. The van der Waals surface area contributed by atoms with E-state index in [1.165, 1.54) is 9.13 Å². The first-order chi connectivity index (χ1) is 14.5. The molecule has 4 rings (SSSR count). The molecule has 1 saturated heterocycles. The lowest BCUT2D eigenvalue weighted by molar-refractivity contribution is 0.444. The van der Waals surface area contributed by atoms with Crippen LogP contribution >= 0.6 is 0 Å². The molecule has 0 aromatic carbocycles. The zero-order valence-corrected chi connectivity index (χ0v) is 17.4. The van der Waals surface area contributed by atoms with Gasteiger partial charge in [0.25, 0.3) is 5.56 Å². The molecule has 9 nitrogen and oxygen atoms in total. The smallest absolute Gasteiger partial charge is 0.332 e. The molecule has 2 unspecified atom stereocenters. The summed E-state index contributed by atoms with van der Waals surface area (Å²) in [4.78, 5) is 33.2. The van der Waals surface area contributed by atoms with Gasteiger partial charge in [0.05, 0.1) is 12.0 Å². The van der Waals surface area contributed by atoms with Crippen LogP contribution in [0.25, 0.3) is 11.2 Å². The van der Waals surface area contributed by atoms with E-state index in [1.54, 1.807) is 13.1 Å². The minimum Gasteiger partial charge on any atom is -0.341 e. The fourth-order valence-electron chi connectivity index (χ4n) is 4.43. The molecule has 0 spiro atoms. The molecule has 1 fully saturated rings. The van der Waals surface area contributed by atoms with Crippen LogP contribution in [0, 0.1) is 23.2 Å². The second kappa shape index (κ2) is 7.95. The van der Waals surface area contributed by atoms with Gasteiger partial charge in [0.2, 0.25) is 5.95 Å². The van der Waals surface area contributed by atoms with E-state index in [1.807, 2.05) is 29.7 Å². The monoisotopic (exact) mass is 409 g/mol. The first-order valence-electron chi connectivity index (χ1n) is 10.4. The maximum absolute atomic E-state index is 13.4. The normalized spacial score (nSPS) is 23.8. The Labute approximate surface area is 174 Å². The van der Waals surface area contributed by atoms with Gasteiger partial charge in [0.1, 0.15) is 0 Å². The van der Waals surface area contributed by atoms with Gasteiger partial charge in [0.15, 0.2) is 11.2 Å². The molecule has 1 aliphatic heterocycles. The predicted octanol–water partition coefficient (Wildman–Crippen LogP) is 0.726. The number of piperidine rings is 1. The van der Waals surface area contributed by atoms with E-state index in [-0.39, 0.29) is 30.0 Å². The van der Waals surface area contributed by atoms with E-state index in [4.69, 9.17) is 5.73 Å². The summed E-state index contributed by atoms with van der Waals surface area (Å²) in [6.45, 7) is 4.16. The largest absolute Gasteiger partial charge is 0.341 e. The van der Waals surface area contributed by atoms with Crippen LogP contribution in [0.5, 0.6) is 0 Å². The van der Waals surface area contributed by atoms with Crippen molar-refractivity contribution in [3.63, 3.8) is 0 Å². The predicted molar refractivity (Wildman–Crippen MR) is 115 cm³/mol. The Kier molecular flexibility index (Phi) is 5.35. The van der Waals surface area contributed by atoms with E-state index < -0.39 is 5.69 Å². The highest BCUT2D eigenvalue weighted by Crippen LogP contribution is 2.24. The number of anilines is 1. The standard InChI is InChI=1S/C21H27N7O2/c1-3-27-17-18(24-20(27)26-10-6-9-16(23)13-26)25(2)21(30)28(19(17)29)12-15-8-5-4-7-14(15)11-22/h4-5,7-8,14-16H,3,6,9-10,12-13,23H2,1-2H3/t14?,15?,16-/m1/s1. The van der Waals surface area contributed by atoms with Crippen molar-refractivity contribution in [1.29, 1.82) is 5.26 Å². The number of nitrogens with zero attached hydrogens (tertiary/aromatic N) is 6. The van der Waals surface area contributed by atoms with Crippen molar-refractivity contribution >= 4 is 17.1 Å². The molecule has 3 atom stereocenters. The molecule has 3 heterocycles. The molecule has 158 valence electrons. The molecule has 2 aliphatic rings. The summed E-state index contributed by atoms with van der Waals surface area (Å²) >= 11 is 0. The van der Waals surface area contributed by atoms with Gasteiger partial charge in [-0.15, -0.1) is 0 Å². The van der Waals surface area contributed by atoms with Crippen LogP contribution < -0.4 is 21.9 Å². The van der Waals surface area contributed by atoms with Gasteiger partial charge in [-0.25, -0.2) is 4.79 Å². The Morgan fingerprint density at radius 2 is 2.03 bits per heavy atom. The van der Waals surface area contributed by atoms with E-state index in [9.17, 15) is 14.9 Å². The van der Waals surface area contributed by atoms with Gasteiger partial charge >= 0.3 is 5.69 Å². The summed E-state index contributed by atoms with van der Waals surface area (Å²) in [5.41, 5.74) is 6.16. The van der Waals surface area contributed by atoms with Crippen LogP contribution in [0.4, 0.5) is 5.95 Å². The van der Waals surface area contributed by atoms with Crippen LogP contribution in [-0.4, -0.2) is 37.8 Å². The van der Waals surface area contributed by atoms with E-state index in [2.05, 4.69) is 16.0 Å². The van der Waals surface area contributed by atoms with E-state index >= 15 is 0 Å². The number of imidazole rings is 1. The Bertz CT molecular complexity index is 1180. The molecule has 2 aromatic heterocycles. The fourth-order valence-corrected chi connectivity index (χ4v) is 4.43. The Morgan fingerprint density at radius 1 is 1.27 bits per heavy atom. The lowest BCUT2D eigenvalue weighted by Gasteiger charge is -2.31. The second-order valence-corrected chi connectivity index (χ2v) is 8.02. The minimum atomic E-state index is -0.421. The molecular formula is C21H27N7O2. The molecule has 9 heteroatoms. The second-order valence-electron chi connectivity index (χ2n) is 8.02. The highest BCUT2D eigenvalue weighted by molar-refractivity contribution is 5.74. The third kappa shape index (κ3) is 3.27. The van der Waals surface area contributed by atoms with Gasteiger partial charge in [-0.3, -0.25) is 13.9 Å². The third-order valence-corrected chi connectivity index (χ3v) is 6.06. The third-order valence-electron chi connectivity index (χ3n) is 6.06. The fraction of sp³-hybridized carbons (Fsp3) is 0.524. The maximum atomic E-state index is 13.4. The average molecular weight is 409 g/mol. The summed E-state index contributed by atoms with van der Waals surface area (Å²) in [6.07, 6.45) is 9.27.